The summed E-state index contributed by atoms with van der Waals surface area (Å²) < 4.78 is 28.9. The minimum atomic E-state index is -3.51. The first-order valence-corrected chi connectivity index (χ1v) is 8.46. The predicted molar refractivity (Wildman–Crippen MR) is 73.2 cm³/mol. The summed E-state index contributed by atoms with van der Waals surface area (Å²) in [6.07, 6.45) is 5.65. The lowest BCUT2D eigenvalue weighted by molar-refractivity contribution is 0.427. The number of sulfonamides is 1. The normalized spacial score (nSPS) is 25.3. The Bertz CT molecular complexity index is 507. The number of hydrogen-bond acceptors (Lipinski definition) is 3. The van der Waals surface area contributed by atoms with E-state index in [-0.39, 0.29) is 15.9 Å². The van der Waals surface area contributed by atoms with Gasteiger partial charge in [-0.1, -0.05) is 28.8 Å². The Hall–Kier alpha value is -0.400. The van der Waals surface area contributed by atoms with Gasteiger partial charge >= 0.3 is 0 Å². The molecule has 0 bridgehead atoms. The van der Waals surface area contributed by atoms with Crippen molar-refractivity contribution in [3.63, 3.8) is 0 Å². The monoisotopic (exact) mass is 335 g/mol. The molecule has 0 aromatic carbocycles. The van der Waals surface area contributed by atoms with Gasteiger partial charge in [0.05, 0.1) is 0 Å². The van der Waals surface area contributed by atoms with Gasteiger partial charge in [0.25, 0.3) is 10.0 Å². The zero-order valence-corrected chi connectivity index (χ0v) is 13.0. The van der Waals surface area contributed by atoms with Crippen molar-refractivity contribution in [2.24, 2.45) is 7.05 Å². The topological polar surface area (TPSA) is 64.0 Å². The first kappa shape index (κ1) is 14.0. The van der Waals surface area contributed by atoms with Crippen LogP contribution in [-0.2, 0) is 17.1 Å². The Balaban J connectivity index is 2.16. The number of rotatable bonds is 3. The first-order chi connectivity index (χ1) is 8.40. The minimum absolute atomic E-state index is 0.0361. The van der Waals surface area contributed by atoms with Crippen LogP contribution in [-0.4, -0.2) is 28.8 Å². The number of imidazole rings is 1. The number of alkyl halides is 1. The van der Waals surface area contributed by atoms with Gasteiger partial charge in [-0.3, -0.25) is 0 Å². The van der Waals surface area contributed by atoms with Crippen LogP contribution in [0.4, 0.5) is 0 Å². The SMILES string of the molecule is Cc1nc(S(=O)(=O)NC2CCCCC2Br)cn1C. The molecule has 0 aliphatic heterocycles. The number of aromatic nitrogens is 2. The lowest BCUT2D eigenvalue weighted by Crippen LogP contribution is -2.42. The highest BCUT2D eigenvalue weighted by Crippen LogP contribution is 2.25. The fourth-order valence-electron chi connectivity index (χ4n) is 2.13. The van der Waals surface area contributed by atoms with Gasteiger partial charge in [-0.25, -0.2) is 18.1 Å². The van der Waals surface area contributed by atoms with E-state index in [2.05, 4.69) is 25.6 Å². The molecular weight excluding hydrogens is 318 g/mol. The molecule has 1 heterocycles. The molecule has 1 N–H and O–H groups in total. The van der Waals surface area contributed by atoms with E-state index in [0.29, 0.717) is 5.82 Å². The van der Waals surface area contributed by atoms with Crippen LogP contribution in [0.15, 0.2) is 11.2 Å². The van der Waals surface area contributed by atoms with Crippen LogP contribution in [0, 0.1) is 6.92 Å². The third-order valence-corrected chi connectivity index (χ3v) is 5.81. The highest BCUT2D eigenvalue weighted by Gasteiger charge is 2.29. The third-order valence-electron chi connectivity index (χ3n) is 3.35. The molecule has 0 amide bonds. The maximum atomic E-state index is 12.2. The maximum absolute atomic E-state index is 12.2. The van der Waals surface area contributed by atoms with Crippen LogP contribution in [0.5, 0.6) is 0 Å². The van der Waals surface area contributed by atoms with Crippen molar-refractivity contribution in [2.75, 3.05) is 0 Å². The quantitative estimate of drug-likeness (QED) is 0.855. The Labute approximate surface area is 116 Å². The molecule has 2 unspecified atom stereocenters. The van der Waals surface area contributed by atoms with E-state index < -0.39 is 10.0 Å². The molecule has 0 spiro atoms. The zero-order valence-electron chi connectivity index (χ0n) is 10.6. The van der Waals surface area contributed by atoms with Gasteiger partial charge in [-0.05, 0) is 19.8 Å². The Kier molecular flexibility index (Phi) is 4.13. The van der Waals surface area contributed by atoms with Crippen LogP contribution >= 0.6 is 15.9 Å². The fourth-order valence-corrected chi connectivity index (χ4v) is 4.38. The molecule has 7 heteroatoms. The second-order valence-corrected chi connectivity index (χ2v) is 7.60. The van der Waals surface area contributed by atoms with Gasteiger partial charge in [0.1, 0.15) is 5.82 Å². The molecule has 1 saturated carbocycles. The molecule has 5 nitrogen and oxygen atoms in total. The van der Waals surface area contributed by atoms with Crippen LogP contribution in [0.2, 0.25) is 0 Å². The predicted octanol–water partition coefficient (Wildman–Crippen LogP) is 1.71. The molecule has 1 aliphatic carbocycles. The van der Waals surface area contributed by atoms with Crippen LogP contribution in [0.1, 0.15) is 31.5 Å². The Morgan fingerprint density at radius 1 is 1.44 bits per heavy atom. The van der Waals surface area contributed by atoms with E-state index in [1.807, 2.05) is 0 Å². The van der Waals surface area contributed by atoms with Crippen molar-refractivity contribution in [3.05, 3.63) is 12.0 Å². The molecule has 18 heavy (non-hydrogen) atoms. The van der Waals surface area contributed by atoms with Gasteiger partial charge in [0, 0.05) is 24.1 Å². The van der Waals surface area contributed by atoms with Crippen molar-refractivity contribution >= 4 is 26.0 Å². The number of hydrogen-bond donors (Lipinski definition) is 1. The van der Waals surface area contributed by atoms with Gasteiger partial charge in [-0.15, -0.1) is 0 Å². The van der Waals surface area contributed by atoms with Crippen molar-refractivity contribution < 1.29 is 8.42 Å². The van der Waals surface area contributed by atoms with Gasteiger partial charge in [0.15, 0.2) is 5.03 Å². The molecule has 1 fully saturated rings. The summed E-state index contributed by atoms with van der Waals surface area (Å²) in [7, 11) is -1.72. The molecule has 2 rings (SSSR count). The summed E-state index contributed by atoms with van der Waals surface area (Å²) in [4.78, 5) is 4.28. The van der Waals surface area contributed by atoms with Crippen molar-refractivity contribution in [1.82, 2.24) is 14.3 Å². The average molecular weight is 336 g/mol. The summed E-state index contributed by atoms with van der Waals surface area (Å²) >= 11 is 3.55. The van der Waals surface area contributed by atoms with E-state index in [9.17, 15) is 8.42 Å². The summed E-state index contributed by atoms with van der Waals surface area (Å²) in [6, 6.07) is -0.0361. The van der Waals surface area contributed by atoms with Gasteiger partial charge < -0.3 is 4.57 Å². The number of nitrogens with zero attached hydrogens (tertiary/aromatic N) is 2. The molecule has 0 radical (unpaired) electrons. The minimum Gasteiger partial charge on any atom is -0.337 e. The first-order valence-electron chi connectivity index (χ1n) is 6.06. The second kappa shape index (κ2) is 5.30. The molecular formula is C11H18BrN3O2S. The van der Waals surface area contributed by atoms with Crippen molar-refractivity contribution in [1.29, 1.82) is 0 Å². The molecule has 2 atom stereocenters. The highest BCUT2D eigenvalue weighted by atomic mass is 79.9. The van der Waals surface area contributed by atoms with Crippen molar-refractivity contribution in [3.8, 4) is 0 Å². The molecule has 1 aromatic rings. The van der Waals surface area contributed by atoms with Gasteiger partial charge in [-0.2, -0.15) is 0 Å². The highest BCUT2D eigenvalue weighted by molar-refractivity contribution is 9.09. The van der Waals surface area contributed by atoms with Crippen LogP contribution in [0.3, 0.4) is 0 Å². The summed E-state index contributed by atoms with van der Waals surface area (Å²) in [6.45, 7) is 1.78. The summed E-state index contributed by atoms with van der Waals surface area (Å²) in [5.74, 6) is 0.689. The maximum Gasteiger partial charge on any atom is 0.259 e. The smallest absolute Gasteiger partial charge is 0.259 e. The summed E-state index contributed by atoms with van der Waals surface area (Å²) in [5.41, 5.74) is 0. The van der Waals surface area contributed by atoms with Gasteiger partial charge in [0.2, 0.25) is 0 Å². The lowest BCUT2D eigenvalue weighted by atomic mass is 9.96. The average Bonchev–Trinajstić information content (AvgIpc) is 2.63. The largest absolute Gasteiger partial charge is 0.337 e. The Morgan fingerprint density at radius 2 is 2.11 bits per heavy atom. The van der Waals surface area contributed by atoms with E-state index in [1.54, 1.807) is 24.7 Å². The molecule has 102 valence electrons. The van der Waals surface area contributed by atoms with E-state index in [0.717, 1.165) is 25.7 Å². The van der Waals surface area contributed by atoms with Crippen molar-refractivity contribution in [2.45, 2.75) is 48.5 Å². The second-order valence-electron chi connectivity index (χ2n) is 4.77. The van der Waals surface area contributed by atoms with Crippen LogP contribution < -0.4 is 4.72 Å². The number of aryl methyl sites for hydroxylation is 2. The number of halogens is 1. The van der Waals surface area contributed by atoms with E-state index >= 15 is 0 Å². The Morgan fingerprint density at radius 3 is 2.67 bits per heavy atom. The van der Waals surface area contributed by atoms with Crippen LogP contribution in [0.25, 0.3) is 0 Å². The molecule has 0 saturated heterocycles. The summed E-state index contributed by atoms with van der Waals surface area (Å²) in [5, 5.41) is 0.104. The zero-order chi connectivity index (χ0) is 13.3. The standard InChI is InChI=1S/C11H18BrN3O2S/c1-8-13-11(7-15(8)2)18(16,17)14-10-6-4-3-5-9(10)12/h7,9-10,14H,3-6H2,1-2H3. The van der Waals surface area contributed by atoms with E-state index in [4.69, 9.17) is 0 Å². The fraction of sp³-hybridized carbons (Fsp3) is 0.727. The number of nitrogens with one attached hydrogen (secondary N) is 1. The molecule has 1 aliphatic rings. The van der Waals surface area contributed by atoms with E-state index in [1.165, 1.54) is 0 Å². The molecule has 1 aromatic heterocycles. The lowest BCUT2D eigenvalue weighted by Gasteiger charge is -2.27. The third kappa shape index (κ3) is 2.95.